The predicted molar refractivity (Wildman–Crippen MR) is 111 cm³/mol. The zero-order valence-electron chi connectivity index (χ0n) is 15.6. The lowest BCUT2D eigenvalue weighted by molar-refractivity contribution is -0.384. The molecule has 0 spiro atoms. The van der Waals surface area contributed by atoms with Gasteiger partial charge in [0.2, 0.25) is 0 Å². The van der Waals surface area contributed by atoms with Crippen LogP contribution in [0.1, 0.15) is 18.4 Å². The Morgan fingerprint density at radius 1 is 1.14 bits per heavy atom. The highest BCUT2D eigenvalue weighted by Gasteiger charge is 2.21. The minimum atomic E-state index is -0.482. The molecule has 1 heterocycles. The minimum Gasteiger partial charge on any atom is -0.484 e. The van der Waals surface area contributed by atoms with Crippen molar-refractivity contribution in [2.45, 2.75) is 25.4 Å². The second kappa shape index (κ2) is 9.91. The number of carbonyl (C=O) groups is 1. The molecule has 0 saturated carbocycles. The average Bonchev–Trinajstić information content (AvgIpc) is 2.71. The van der Waals surface area contributed by atoms with Gasteiger partial charge in [-0.1, -0.05) is 29.3 Å². The second-order valence-corrected chi connectivity index (χ2v) is 7.72. The monoisotopic (exact) mass is 437 g/mol. The first-order valence-electron chi connectivity index (χ1n) is 9.23. The van der Waals surface area contributed by atoms with Crippen molar-refractivity contribution in [2.24, 2.45) is 0 Å². The van der Waals surface area contributed by atoms with Gasteiger partial charge in [-0.15, -0.1) is 0 Å². The van der Waals surface area contributed by atoms with Crippen LogP contribution in [-0.2, 0) is 11.3 Å². The Morgan fingerprint density at radius 2 is 1.83 bits per heavy atom. The quantitative estimate of drug-likeness (QED) is 0.521. The Kier molecular flexibility index (Phi) is 7.30. The summed E-state index contributed by atoms with van der Waals surface area (Å²) in [4.78, 5) is 24.6. The number of rotatable bonds is 7. The number of nitro benzene ring substituents is 1. The summed E-state index contributed by atoms with van der Waals surface area (Å²) >= 11 is 12.0. The minimum absolute atomic E-state index is 0.0190. The summed E-state index contributed by atoms with van der Waals surface area (Å²) < 4.78 is 5.40. The van der Waals surface area contributed by atoms with Crippen LogP contribution in [0.5, 0.6) is 5.75 Å². The topological polar surface area (TPSA) is 84.7 Å². The molecular weight excluding hydrogens is 417 g/mol. The molecule has 7 nitrogen and oxygen atoms in total. The van der Waals surface area contributed by atoms with Gasteiger partial charge in [-0.05, 0) is 42.7 Å². The van der Waals surface area contributed by atoms with Gasteiger partial charge in [0.15, 0.2) is 6.61 Å². The van der Waals surface area contributed by atoms with Crippen molar-refractivity contribution in [1.29, 1.82) is 0 Å². The highest BCUT2D eigenvalue weighted by Crippen LogP contribution is 2.24. The number of likely N-dealkylation sites (tertiary alicyclic amines) is 1. The molecule has 1 N–H and O–H groups in total. The highest BCUT2D eigenvalue weighted by atomic mass is 35.5. The molecule has 0 unspecified atom stereocenters. The van der Waals surface area contributed by atoms with Gasteiger partial charge < -0.3 is 10.1 Å². The summed E-state index contributed by atoms with van der Waals surface area (Å²) in [6.07, 6.45) is 1.70. The lowest BCUT2D eigenvalue weighted by Crippen LogP contribution is -2.45. The Labute approximate surface area is 178 Å². The van der Waals surface area contributed by atoms with Crippen molar-refractivity contribution in [1.82, 2.24) is 10.2 Å². The van der Waals surface area contributed by atoms with Crippen molar-refractivity contribution < 1.29 is 14.5 Å². The number of ether oxygens (including phenoxy) is 1. The molecular formula is C20H21Cl2N3O4. The smallest absolute Gasteiger partial charge is 0.269 e. The van der Waals surface area contributed by atoms with E-state index < -0.39 is 4.92 Å². The first-order valence-corrected chi connectivity index (χ1v) is 9.99. The van der Waals surface area contributed by atoms with E-state index in [-0.39, 0.29) is 24.2 Å². The molecule has 0 aliphatic carbocycles. The number of hydrogen-bond acceptors (Lipinski definition) is 5. The fourth-order valence-corrected chi connectivity index (χ4v) is 3.53. The zero-order chi connectivity index (χ0) is 20.8. The zero-order valence-corrected chi connectivity index (χ0v) is 17.2. The molecule has 0 bridgehead atoms. The molecule has 0 atom stereocenters. The Bertz CT molecular complexity index is 869. The SMILES string of the molecule is O=C(COc1ccc([N+](=O)[O-])cc1)NC1CCN(Cc2ccc(Cl)c(Cl)c2)CC1. The lowest BCUT2D eigenvalue weighted by atomic mass is 10.0. The van der Waals surface area contributed by atoms with Crippen molar-refractivity contribution in [3.05, 3.63) is 68.2 Å². The Morgan fingerprint density at radius 3 is 2.45 bits per heavy atom. The maximum absolute atomic E-state index is 12.1. The fraction of sp³-hybridized carbons (Fsp3) is 0.350. The van der Waals surface area contributed by atoms with Crippen LogP contribution in [0.2, 0.25) is 10.0 Å². The largest absolute Gasteiger partial charge is 0.484 e. The van der Waals surface area contributed by atoms with Crippen LogP contribution in [0.3, 0.4) is 0 Å². The summed E-state index contributed by atoms with van der Waals surface area (Å²) in [5.74, 6) is 0.216. The molecule has 1 aliphatic rings. The molecule has 9 heteroatoms. The van der Waals surface area contributed by atoms with E-state index in [9.17, 15) is 14.9 Å². The number of amides is 1. The number of benzene rings is 2. The second-order valence-electron chi connectivity index (χ2n) is 6.91. The van der Waals surface area contributed by atoms with E-state index in [0.29, 0.717) is 15.8 Å². The van der Waals surface area contributed by atoms with Crippen LogP contribution < -0.4 is 10.1 Å². The summed E-state index contributed by atoms with van der Waals surface area (Å²) in [6.45, 7) is 2.41. The molecule has 1 fully saturated rings. The number of nitro groups is 1. The van der Waals surface area contributed by atoms with Crippen molar-refractivity contribution >= 4 is 34.8 Å². The molecule has 1 saturated heterocycles. The normalized spacial score (nSPS) is 15.1. The van der Waals surface area contributed by atoms with Gasteiger partial charge in [-0.3, -0.25) is 19.8 Å². The maximum atomic E-state index is 12.1. The van der Waals surface area contributed by atoms with Crippen molar-refractivity contribution in [3.8, 4) is 5.75 Å². The van der Waals surface area contributed by atoms with Crippen LogP contribution in [0, 0.1) is 10.1 Å². The standard InChI is InChI=1S/C20H21Cl2N3O4/c21-18-6-1-14(11-19(18)22)12-24-9-7-15(8-10-24)23-20(26)13-29-17-4-2-16(3-5-17)25(27)28/h1-6,11,15H,7-10,12-13H2,(H,23,26). The number of nitrogens with zero attached hydrogens (tertiary/aromatic N) is 2. The van der Waals surface area contributed by atoms with E-state index in [1.165, 1.54) is 24.3 Å². The maximum Gasteiger partial charge on any atom is 0.269 e. The van der Waals surface area contributed by atoms with E-state index in [1.54, 1.807) is 6.07 Å². The third-order valence-corrected chi connectivity index (χ3v) is 5.50. The summed E-state index contributed by atoms with van der Waals surface area (Å²) in [5.41, 5.74) is 1.09. The van der Waals surface area contributed by atoms with E-state index in [4.69, 9.17) is 27.9 Å². The van der Waals surface area contributed by atoms with Gasteiger partial charge in [0.05, 0.1) is 15.0 Å². The molecule has 1 aliphatic heterocycles. The number of nitrogens with one attached hydrogen (secondary N) is 1. The molecule has 3 rings (SSSR count). The molecule has 2 aromatic carbocycles. The number of piperidine rings is 1. The van der Waals surface area contributed by atoms with E-state index in [1.807, 2.05) is 12.1 Å². The van der Waals surface area contributed by atoms with Crippen LogP contribution in [0.25, 0.3) is 0 Å². The van der Waals surface area contributed by atoms with Crippen LogP contribution in [0.15, 0.2) is 42.5 Å². The summed E-state index contributed by atoms with van der Waals surface area (Å²) in [6, 6.07) is 11.4. The summed E-state index contributed by atoms with van der Waals surface area (Å²) in [7, 11) is 0. The number of carbonyl (C=O) groups excluding carboxylic acids is 1. The molecule has 0 radical (unpaired) electrons. The van der Waals surface area contributed by atoms with Gasteiger partial charge in [0, 0.05) is 37.8 Å². The van der Waals surface area contributed by atoms with Crippen LogP contribution in [-0.4, -0.2) is 41.5 Å². The average molecular weight is 438 g/mol. The Hall–Kier alpha value is -2.35. The lowest BCUT2D eigenvalue weighted by Gasteiger charge is -2.32. The molecule has 0 aromatic heterocycles. The van der Waals surface area contributed by atoms with E-state index >= 15 is 0 Å². The van der Waals surface area contributed by atoms with Gasteiger partial charge in [0.1, 0.15) is 5.75 Å². The van der Waals surface area contributed by atoms with Crippen molar-refractivity contribution in [3.63, 3.8) is 0 Å². The van der Waals surface area contributed by atoms with Gasteiger partial charge in [-0.25, -0.2) is 0 Å². The van der Waals surface area contributed by atoms with Crippen LogP contribution in [0.4, 0.5) is 5.69 Å². The van der Waals surface area contributed by atoms with E-state index in [0.717, 1.165) is 38.0 Å². The van der Waals surface area contributed by atoms with Crippen molar-refractivity contribution in [2.75, 3.05) is 19.7 Å². The van der Waals surface area contributed by atoms with Gasteiger partial charge in [0.25, 0.3) is 11.6 Å². The number of non-ortho nitro benzene ring substituents is 1. The van der Waals surface area contributed by atoms with Gasteiger partial charge in [-0.2, -0.15) is 0 Å². The molecule has 29 heavy (non-hydrogen) atoms. The first-order chi connectivity index (χ1) is 13.9. The molecule has 154 valence electrons. The Balaban J connectivity index is 1.39. The molecule has 1 amide bonds. The van der Waals surface area contributed by atoms with Crippen LogP contribution >= 0.6 is 23.2 Å². The fourth-order valence-electron chi connectivity index (χ4n) is 3.21. The predicted octanol–water partition coefficient (Wildman–Crippen LogP) is 4.06. The van der Waals surface area contributed by atoms with Gasteiger partial charge >= 0.3 is 0 Å². The van der Waals surface area contributed by atoms with E-state index in [2.05, 4.69) is 10.2 Å². The first kappa shape index (κ1) is 21.4. The molecule has 2 aromatic rings. The number of halogens is 2. The third-order valence-electron chi connectivity index (χ3n) is 4.76. The third kappa shape index (κ3) is 6.32. The number of hydrogen-bond donors (Lipinski definition) is 1. The highest BCUT2D eigenvalue weighted by molar-refractivity contribution is 6.42. The summed E-state index contributed by atoms with van der Waals surface area (Å²) in [5, 5.41) is 14.7.